The molecule has 2 N–H and O–H groups in total. The summed E-state index contributed by atoms with van der Waals surface area (Å²) in [6.45, 7) is 8.34. The molecule has 1 heterocycles. The van der Waals surface area contributed by atoms with Crippen molar-refractivity contribution in [3.05, 3.63) is 0 Å². The number of hydrogen-bond donors (Lipinski definition) is 2. The Balaban J connectivity index is 1.94. The summed E-state index contributed by atoms with van der Waals surface area (Å²) in [5.41, 5.74) is 0. The van der Waals surface area contributed by atoms with Gasteiger partial charge in [-0.3, -0.25) is 0 Å². The lowest BCUT2D eigenvalue weighted by molar-refractivity contribution is 0.212. The van der Waals surface area contributed by atoms with Crippen LogP contribution >= 0.6 is 0 Å². The molecular formula is C11H25N3O. The Morgan fingerprint density at radius 2 is 1.87 bits per heavy atom. The van der Waals surface area contributed by atoms with Crippen LogP contribution in [0.15, 0.2) is 0 Å². The molecule has 4 heteroatoms. The van der Waals surface area contributed by atoms with Crippen molar-refractivity contribution in [1.82, 2.24) is 15.1 Å². The zero-order chi connectivity index (χ0) is 10.9. The van der Waals surface area contributed by atoms with E-state index in [1.54, 1.807) is 0 Å². The van der Waals surface area contributed by atoms with E-state index in [0.29, 0.717) is 6.61 Å². The molecule has 15 heavy (non-hydrogen) atoms. The van der Waals surface area contributed by atoms with Crippen LogP contribution < -0.4 is 5.32 Å². The van der Waals surface area contributed by atoms with Gasteiger partial charge >= 0.3 is 0 Å². The van der Waals surface area contributed by atoms with Crippen molar-refractivity contribution in [2.24, 2.45) is 0 Å². The lowest BCUT2D eigenvalue weighted by atomic mass is 10.3. The maximum atomic E-state index is 8.70. The summed E-state index contributed by atoms with van der Waals surface area (Å²) >= 11 is 0. The van der Waals surface area contributed by atoms with Gasteiger partial charge < -0.3 is 20.2 Å². The number of rotatable bonds is 7. The van der Waals surface area contributed by atoms with Crippen LogP contribution in [0, 0.1) is 0 Å². The van der Waals surface area contributed by atoms with Gasteiger partial charge in [0.15, 0.2) is 0 Å². The summed E-state index contributed by atoms with van der Waals surface area (Å²) in [6.07, 6.45) is 2.13. The van der Waals surface area contributed by atoms with E-state index in [0.717, 1.165) is 32.6 Å². The minimum absolute atomic E-state index is 0.308. The van der Waals surface area contributed by atoms with Gasteiger partial charge in [0, 0.05) is 39.3 Å². The molecular weight excluding hydrogens is 190 g/mol. The van der Waals surface area contributed by atoms with Crippen molar-refractivity contribution >= 4 is 0 Å². The zero-order valence-electron chi connectivity index (χ0n) is 9.91. The van der Waals surface area contributed by atoms with Crippen molar-refractivity contribution in [3.63, 3.8) is 0 Å². The largest absolute Gasteiger partial charge is 0.396 e. The highest BCUT2D eigenvalue weighted by atomic mass is 16.3. The molecule has 1 aliphatic heterocycles. The first kappa shape index (κ1) is 12.9. The van der Waals surface area contributed by atoms with Gasteiger partial charge in [-0.15, -0.1) is 0 Å². The number of nitrogens with one attached hydrogen (secondary N) is 1. The second-order valence-electron chi connectivity index (χ2n) is 4.33. The maximum absolute atomic E-state index is 8.70. The van der Waals surface area contributed by atoms with E-state index < -0.39 is 0 Å². The second-order valence-corrected chi connectivity index (χ2v) is 4.33. The molecule has 0 spiro atoms. The van der Waals surface area contributed by atoms with Gasteiger partial charge in [0.05, 0.1) is 0 Å². The summed E-state index contributed by atoms with van der Waals surface area (Å²) < 4.78 is 0. The average Bonchev–Trinajstić information content (AvgIpc) is 2.28. The van der Waals surface area contributed by atoms with Gasteiger partial charge in [-0.1, -0.05) is 0 Å². The van der Waals surface area contributed by atoms with E-state index in [9.17, 15) is 0 Å². The SMILES string of the molecule is CN(CCCO)CCCN1CCNCC1. The van der Waals surface area contributed by atoms with Gasteiger partial charge in [-0.25, -0.2) is 0 Å². The van der Waals surface area contributed by atoms with Crippen LogP contribution in [0.1, 0.15) is 12.8 Å². The first-order valence-corrected chi connectivity index (χ1v) is 6.05. The van der Waals surface area contributed by atoms with Crippen molar-refractivity contribution in [1.29, 1.82) is 0 Å². The molecule has 0 aliphatic carbocycles. The molecule has 1 aliphatic rings. The van der Waals surface area contributed by atoms with E-state index in [2.05, 4.69) is 22.2 Å². The summed E-state index contributed by atoms with van der Waals surface area (Å²) in [5.74, 6) is 0. The van der Waals surface area contributed by atoms with Crippen LogP contribution in [0.25, 0.3) is 0 Å². The second kappa shape index (κ2) is 8.05. The van der Waals surface area contributed by atoms with Crippen LogP contribution in [-0.4, -0.2) is 74.4 Å². The summed E-state index contributed by atoms with van der Waals surface area (Å²) in [6, 6.07) is 0. The number of nitrogens with zero attached hydrogens (tertiary/aromatic N) is 2. The van der Waals surface area contributed by atoms with Gasteiger partial charge in [0.2, 0.25) is 0 Å². The highest BCUT2D eigenvalue weighted by Crippen LogP contribution is 1.96. The summed E-state index contributed by atoms with van der Waals surface area (Å²) in [7, 11) is 2.13. The van der Waals surface area contributed by atoms with E-state index in [-0.39, 0.29) is 0 Å². The van der Waals surface area contributed by atoms with Crippen LogP contribution in [-0.2, 0) is 0 Å². The van der Waals surface area contributed by atoms with Crippen molar-refractivity contribution < 1.29 is 5.11 Å². The molecule has 0 atom stereocenters. The number of hydrogen-bond acceptors (Lipinski definition) is 4. The molecule has 0 bridgehead atoms. The summed E-state index contributed by atoms with van der Waals surface area (Å²) in [4.78, 5) is 4.83. The molecule has 0 radical (unpaired) electrons. The monoisotopic (exact) mass is 215 g/mol. The Labute approximate surface area is 93.2 Å². The third-order valence-electron chi connectivity index (χ3n) is 2.92. The first-order valence-electron chi connectivity index (χ1n) is 6.05. The fourth-order valence-electron chi connectivity index (χ4n) is 1.95. The van der Waals surface area contributed by atoms with E-state index in [1.807, 2.05) is 0 Å². The van der Waals surface area contributed by atoms with Crippen LogP contribution in [0.5, 0.6) is 0 Å². The van der Waals surface area contributed by atoms with E-state index in [1.165, 1.54) is 26.1 Å². The molecule has 0 aromatic rings. The number of piperazine rings is 1. The maximum Gasteiger partial charge on any atom is 0.0443 e. The molecule has 0 aromatic carbocycles. The third-order valence-corrected chi connectivity index (χ3v) is 2.92. The molecule has 1 fully saturated rings. The molecule has 4 nitrogen and oxygen atoms in total. The van der Waals surface area contributed by atoms with Gasteiger partial charge in [0.1, 0.15) is 0 Å². The zero-order valence-corrected chi connectivity index (χ0v) is 9.91. The van der Waals surface area contributed by atoms with E-state index in [4.69, 9.17) is 5.11 Å². The molecule has 0 aromatic heterocycles. The van der Waals surface area contributed by atoms with Crippen molar-refractivity contribution in [3.8, 4) is 0 Å². The number of aliphatic hydroxyl groups excluding tert-OH is 1. The third kappa shape index (κ3) is 6.10. The lowest BCUT2D eigenvalue weighted by Crippen LogP contribution is -2.44. The number of aliphatic hydroxyl groups is 1. The Kier molecular flexibility index (Phi) is 6.92. The first-order chi connectivity index (χ1) is 7.33. The molecule has 0 amide bonds. The van der Waals surface area contributed by atoms with Crippen LogP contribution in [0.4, 0.5) is 0 Å². The van der Waals surface area contributed by atoms with Gasteiger partial charge in [0.25, 0.3) is 0 Å². The van der Waals surface area contributed by atoms with Crippen molar-refractivity contribution in [2.45, 2.75) is 12.8 Å². The Morgan fingerprint density at radius 1 is 1.20 bits per heavy atom. The normalized spacial score (nSPS) is 18.6. The predicted octanol–water partition coefficient (Wildman–Crippen LogP) is -0.404. The fraction of sp³-hybridized carbons (Fsp3) is 1.00. The predicted molar refractivity (Wildman–Crippen MR) is 63.1 cm³/mol. The molecule has 1 rings (SSSR count). The van der Waals surface area contributed by atoms with Gasteiger partial charge in [-0.05, 0) is 33.0 Å². The highest BCUT2D eigenvalue weighted by Gasteiger charge is 2.08. The minimum Gasteiger partial charge on any atom is -0.396 e. The smallest absolute Gasteiger partial charge is 0.0443 e. The molecule has 0 saturated carbocycles. The van der Waals surface area contributed by atoms with E-state index >= 15 is 0 Å². The fourth-order valence-corrected chi connectivity index (χ4v) is 1.95. The lowest BCUT2D eigenvalue weighted by Gasteiger charge is -2.27. The Hall–Kier alpha value is -0.160. The van der Waals surface area contributed by atoms with Crippen LogP contribution in [0.2, 0.25) is 0 Å². The average molecular weight is 215 g/mol. The topological polar surface area (TPSA) is 38.7 Å². The molecule has 1 saturated heterocycles. The summed E-state index contributed by atoms with van der Waals surface area (Å²) in [5, 5.41) is 12.1. The van der Waals surface area contributed by atoms with Gasteiger partial charge in [-0.2, -0.15) is 0 Å². The molecule has 0 unspecified atom stereocenters. The molecule has 90 valence electrons. The highest BCUT2D eigenvalue weighted by molar-refractivity contribution is 4.67. The Bertz CT molecular complexity index is 149. The van der Waals surface area contributed by atoms with Crippen LogP contribution in [0.3, 0.4) is 0 Å². The standard InChI is InChI=1S/C11H25N3O/c1-13(7-3-11-15)6-2-8-14-9-4-12-5-10-14/h12,15H,2-11H2,1H3. The minimum atomic E-state index is 0.308. The Morgan fingerprint density at radius 3 is 2.53 bits per heavy atom. The quantitative estimate of drug-likeness (QED) is 0.606. The van der Waals surface area contributed by atoms with Crippen molar-refractivity contribution in [2.75, 3.05) is 59.5 Å².